The fraction of sp³-hybridized carbons (Fsp3) is 0.355. The quantitative estimate of drug-likeness (QED) is 0.284. The van der Waals surface area contributed by atoms with Crippen molar-refractivity contribution >= 4 is 22.6 Å². The van der Waals surface area contributed by atoms with Crippen LogP contribution in [0.2, 0.25) is 0 Å². The summed E-state index contributed by atoms with van der Waals surface area (Å²) in [6.45, 7) is 10.5. The van der Waals surface area contributed by atoms with E-state index in [0.29, 0.717) is 32.0 Å². The average molecular weight is 482 g/mol. The van der Waals surface area contributed by atoms with Crippen LogP contribution < -0.4 is 9.64 Å². The summed E-state index contributed by atoms with van der Waals surface area (Å²) in [6, 6.07) is 23.0. The molecular weight excluding hydrogens is 446 g/mol. The standard InChI is InChI=1S/C31H35N3O2/c1-5-23-11-13-25(14-12-23)34-20-24(19-30(34)35)31-32-27-8-6-7-9-28(27)33(31)16-17-36-29-18-22(4)10-15-26(29)21(2)3/h6-15,18,21,24H,5,16-17,19-20H2,1-4H3. The van der Waals surface area contributed by atoms with E-state index in [1.54, 1.807) is 0 Å². The molecule has 4 aromatic rings. The highest BCUT2D eigenvalue weighted by molar-refractivity contribution is 5.96. The Labute approximate surface area is 213 Å². The highest BCUT2D eigenvalue weighted by Crippen LogP contribution is 2.34. The molecule has 186 valence electrons. The van der Waals surface area contributed by atoms with E-state index in [9.17, 15) is 4.79 Å². The van der Waals surface area contributed by atoms with Gasteiger partial charge in [0.25, 0.3) is 0 Å². The van der Waals surface area contributed by atoms with E-state index in [2.05, 4.69) is 80.8 Å². The van der Waals surface area contributed by atoms with Gasteiger partial charge in [-0.25, -0.2) is 4.98 Å². The first kappa shape index (κ1) is 24.1. The molecule has 1 aromatic heterocycles. The van der Waals surface area contributed by atoms with Crippen LogP contribution in [-0.4, -0.2) is 28.6 Å². The number of amides is 1. The second-order valence-corrected chi connectivity index (χ2v) is 10.1. The Hall–Kier alpha value is -3.60. The third-order valence-electron chi connectivity index (χ3n) is 7.19. The van der Waals surface area contributed by atoms with Crippen LogP contribution in [0.15, 0.2) is 66.7 Å². The molecule has 5 rings (SSSR count). The van der Waals surface area contributed by atoms with Crippen molar-refractivity contribution in [3.8, 4) is 5.75 Å². The Balaban J connectivity index is 1.39. The van der Waals surface area contributed by atoms with Crippen LogP contribution in [0.3, 0.4) is 0 Å². The number of ether oxygens (including phenoxy) is 1. The normalized spacial score (nSPS) is 15.9. The molecule has 1 atom stereocenters. The van der Waals surface area contributed by atoms with Crippen LogP contribution in [-0.2, 0) is 17.8 Å². The number of aryl methyl sites for hydroxylation is 2. The third-order valence-corrected chi connectivity index (χ3v) is 7.19. The molecule has 1 saturated heterocycles. The number of carbonyl (C=O) groups excluding carboxylic acids is 1. The summed E-state index contributed by atoms with van der Waals surface area (Å²) in [5.41, 5.74) is 6.71. The number of anilines is 1. The molecule has 0 radical (unpaired) electrons. The molecule has 1 amide bonds. The van der Waals surface area contributed by atoms with Gasteiger partial charge in [0, 0.05) is 24.6 Å². The first-order valence-corrected chi connectivity index (χ1v) is 13.0. The maximum Gasteiger partial charge on any atom is 0.227 e. The highest BCUT2D eigenvalue weighted by atomic mass is 16.5. The monoisotopic (exact) mass is 481 g/mol. The number of hydrogen-bond donors (Lipinski definition) is 0. The number of carbonyl (C=O) groups is 1. The van der Waals surface area contributed by atoms with E-state index in [0.717, 1.165) is 34.7 Å². The molecule has 5 nitrogen and oxygen atoms in total. The van der Waals surface area contributed by atoms with Crippen molar-refractivity contribution in [1.82, 2.24) is 9.55 Å². The molecule has 0 spiro atoms. The number of fused-ring (bicyclic) bond motifs is 1. The van der Waals surface area contributed by atoms with E-state index in [1.807, 2.05) is 23.1 Å². The minimum atomic E-state index is 0.0425. The molecule has 1 aliphatic rings. The average Bonchev–Trinajstić information content (AvgIpc) is 3.44. The summed E-state index contributed by atoms with van der Waals surface area (Å²) in [7, 11) is 0. The lowest BCUT2D eigenvalue weighted by molar-refractivity contribution is -0.117. The number of rotatable bonds is 8. The zero-order chi connectivity index (χ0) is 25.2. The molecule has 0 N–H and O–H groups in total. The minimum Gasteiger partial charge on any atom is -0.491 e. The maximum absolute atomic E-state index is 13.0. The van der Waals surface area contributed by atoms with Crippen molar-refractivity contribution in [1.29, 1.82) is 0 Å². The van der Waals surface area contributed by atoms with Crippen molar-refractivity contribution in [2.24, 2.45) is 0 Å². The number of hydrogen-bond acceptors (Lipinski definition) is 3. The van der Waals surface area contributed by atoms with Gasteiger partial charge < -0.3 is 14.2 Å². The second kappa shape index (κ2) is 10.2. The summed E-state index contributed by atoms with van der Waals surface area (Å²) in [4.78, 5) is 19.9. The first-order chi connectivity index (χ1) is 17.4. The van der Waals surface area contributed by atoms with E-state index in [1.165, 1.54) is 16.7 Å². The summed E-state index contributed by atoms with van der Waals surface area (Å²) in [5, 5.41) is 0. The zero-order valence-corrected chi connectivity index (χ0v) is 21.7. The van der Waals surface area contributed by atoms with Crippen LogP contribution in [0.5, 0.6) is 5.75 Å². The van der Waals surface area contributed by atoms with E-state index >= 15 is 0 Å². The second-order valence-electron chi connectivity index (χ2n) is 10.1. The number of nitrogens with zero attached hydrogens (tertiary/aromatic N) is 3. The van der Waals surface area contributed by atoms with Crippen LogP contribution in [0, 0.1) is 6.92 Å². The smallest absolute Gasteiger partial charge is 0.227 e. The fourth-order valence-electron chi connectivity index (χ4n) is 5.17. The van der Waals surface area contributed by atoms with Gasteiger partial charge in [-0.2, -0.15) is 0 Å². The van der Waals surface area contributed by atoms with Crippen molar-refractivity contribution in [3.63, 3.8) is 0 Å². The third kappa shape index (κ3) is 4.75. The fourth-order valence-corrected chi connectivity index (χ4v) is 5.17. The van der Waals surface area contributed by atoms with Crippen LogP contribution in [0.1, 0.15) is 61.5 Å². The SMILES string of the molecule is CCc1ccc(N2CC(c3nc4ccccc4n3CCOc3cc(C)ccc3C(C)C)CC2=O)cc1. The van der Waals surface area contributed by atoms with Gasteiger partial charge in [0.1, 0.15) is 18.2 Å². The summed E-state index contributed by atoms with van der Waals surface area (Å²) >= 11 is 0. The van der Waals surface area contributed by atoms with Gasteiger partial charge in [0.2, 0.25) is 5.91 Å². The first-order valence-electron chi connectivity index (χ1n) is 13.0. The number of aromatic nitrogens is 2. The molecule has 1 fully saturated rings. The minimum absolute atomic E-state index is 0.0425. The topological polar surface area (TPSA) is 47.4 Å². The van der Waals surface area contributed by atoms with Gasteiger partial charge in [-0.3, -0.25) is 4.79 Å². The Kier molecular flexibility index (Phi) is 6.82. The van der Waals surface area contributed by atoms with Gasteiger partial charge in [0.15, 0.2) is 0 Å². The van der Waals surface area contributed by atoms with E-state index in [4.69, 9.17) is 9.72 Å². The molecular formula is C31H35N3O2. The number of imidazole rings is 1. The zero-order valence-electron chi connectivity index (χ0n) is 21.7. The maximum atomic E-state index is 13.0. The van der Waals surface area contributed by atoms with E-state index in [-0.39, 0.29) is 11.8 Å². The molecule has 1 unspecified atom stereocenters. The molecule has 0 bridgehead atoms. The van der Waals surface area contributed by atoms with Gasteiger partial charge >= 0.3 is 0 Å². The predicted octanol–water partition coefficient (Wildman–Crippen LogP) is 6.63. The molecule has 3 aromatic carbocycles. The van der Waals surface area contributed by atoms with Crippen LogP contribution in [0.4, 0.5) is 5.69 Å². The van der Waals surface area contributed by atoms with Crippen molar-refractivity contribution in [2.75, 3.05) is 18.1 Å². The van der Waals surface area contributed by atoms with Crippen molar-refractivity contribution < 1.29 is 9.53 Å². The van der Waals surface area contributed by atoms with Gasteiger partial charge in [-0.15, -0.1) is 0 Å². The predicted molar refractivity (Wildman–Crippen MR) is 146 cm³/mol. The lowest BCUT2D eigenvalue weighted by Crippen LogP contribution is -2.24. The number of benzene rings is 3. The molecule has 1 aliphatic heterocycles. The largest absolute Gasteiger partial charge is 0.491 e. The Morgan fingerprint density at radius 3 is 2.58 bits per heavy atom. The van der Waals surface area contributed by atoms with E-state index < -0.39 is 0 Å². The molecule has 0 aliphatic carbocycles. The van der Waals surface area contributed by atoms with Gasteiger partial charge in [0.05, 0.1) is 17.6 Å². The van der Waals surface area contributed by atoms with Crippen LogP contribution >= 0.6 is 0 Å². The Morgan fingerprint density at radius 1 is 1.06 bits per heavy atom. The Morgan fingerprint density at radius 2 is 1.83 bits per heavy atom. The van der Waals surface area contributed by atoms with Gasteiger partial charge in [-0.05, 0) is 66.3 Å². The highest BCUT2D eigenvalue weighted by Gasteiger charge is 2.34. The number of para-hydroxylation sites is 2. The van der Waals surface area contributed by atoms with Gasteiger partial charge in [-0.1, -0.05) is 57.2 Å². The van der Waals surface area contributed by atoms with Crippen molar-refractivity contribution in [3.05, 3.63) is 89.2 Å². The Bertz CT molecular complexity index is 1370. The molecule has 5 heteroatoms. The molecule has 0 saturated carbocycles. The lowest BCUT2D eigenvalue weighted by atomic mass is 10.0. The summed E-state index contributed by atoms with van der Waals surface area (Å²) in [6.07, 6.45) is 1.46. The van der Waals surface area contributed by atoms with Crippen molar-refractivity contribution in [2.45, 2.75) is 58.9 Å². The summed E-state index contributed by atoms with van der Waals surface area (Å²) in [5.74, 6) is 2.51. The molecule has 2 heterocycles. The summed E-state index contributed by atoms with van der Waals surface area (Å²) < 4.78 is 8.58. The molecule has 36 heavy (non-hydrogen) atoms. The van der Waals surface area contributed by atoms with Crippen LogP contribution in [0.25, 0.3) is 11.0 Å². The lowest BCUT2D eigenvalue weighted by Gasteiger charge is -2.18.